The lowest BCUT2D eigenvalue weighted by atomic mass is 10.3. The van der Waals surface area contributed by atoms with E-state index in [9.17, 15) is 4.79 Å². The Kier molecular flexibility index (Phi) is 6.82. The number of carbonyl (C=O) groups is 1. The van der Waals surface area contributed by atoms with Crippen LogP contribution >= 0.6 is 35.0 Å². The van der Waals surface area contributed by atoms with Gasteiger partial charge in [-0.05, 0) is 60.7 Å². The Morgan fingerprint density at radius 2 is 1.77 bits per heavy atom. The molecule has 0 atom stereocenters. The molecule has 31 heavy (non-hydrogen) atoms. The van der Waals surface area contributed by atoms with Crippen molar-refractivity contribution in [1.82, 2.24) is 9.78 Å². The van der Waals surface area contributed by atoms with Crippen molar-refractivity contribution in [2.75, 3.05) is 5.32 Å². The summed E-state index contributed by atoms with van der Waals surface area (Å²) in [6.45, 7) is 0.163. The number of benzene rings is 3. The zero-order chi connectivity index (χ0) is 21.6. The molecule has 1 amide bonds. The minimum absolute atomic E-state index is 0.163. The summed E-state index contributed by atoms with van der Waals surface area (Å²) in [5.41, 5.74) is 0.998. The number of nitrogens with zero attached hydrogens (tertiary/aromatic N) is 2. The first-order valence-corrected chi connectivity index (χ1v) is 10.9. The number of anilines is 1. The molecule has 8 heteroatoms. The Morgan fingerprint density at radius 3 is 2.58 bits per heavy atom. The van der Waals surface area contributed by atoms with Gasteiger partial charge in [-0.2, -0.15) is 5.10 Å². The third-order valence-electron chi connectivity index (χ3n) is 4.21. The molecular formula is C23H17Cl2N3O2S. The molecule has 1 N–H and O–H groups in total. The summed E-state index contributed by atoms with van der Waals surface area (Å²) in [6.07, 6.45) is 1.69. The zero-order valence-electron chi connectivity index (χ0n) is 16.2. The summed E-state index contributed by atoms with van der Waals surface area (Å²) in [5, 5.41) is 8.50. The molecule has 5 nitrogen and oxygen atoms in total. The molecule has 156 valence electrons. The highest BCUT2D eigenvalue weighted by molar-refractivity contribution is 7.99. The first kappa shape index (κ1) is 21.3. The molecule has 0 aliphatic rings. The van der Waals surface area contributed by atoms with Crippen LogP contribution in [-0.2, 0) is 6.73 Å². The van der Waals surface area contributed by atoms with Crippen LogP contribution in [0.3, 0.4) is 0 Å². The first-order chi connectivity index (χ1) is 15.1. The van der Waals surface area contributed by atoms with Crippen molar-refractivity contribution in [2.45, 2.75) is 16.5 Å². The van der Waals surface area contributed by atoms with Crippen LogP contribution in [0.2, 0.25) is 10.0 Å². The largest absolute Gasteiger partial charge is 0.471 e. The number of rotatable bonds is 7. The number of para-hydroxylation sites is 1. The summed E-state index contributed by atoms with van der Waals surface area (Å²) in [6, 6.07) is 23.9. The Hall–Kier alpha value is -2.93. The van der Waals surface area contributed by atoms with Crippen LogP contribution in [0.15, 0.2) is 94.9 Å². The van der Waals surface area contributed by atoms with Crippen LogP contribution in [0, 0.1) is 0 Å². The third-order valence-corrected chi connectivity index (χ3v) is 5.78. The average molecular weight is 470 g/mol. The van der Waals surface area contributed by atoms with Gasteiger partial charge < -0.3 is 10.1 Å². The molecule has 0 bridgehead atoms. The molecule has 0 radical (unpaired) electrons. The predicted molar refractivity (Wildman–Crippen MR) is 124 cm³/mol. The van der Waals surface area contributed by atoms with Crippen LogP contribution in [-0.4, -0.2) is 15.7 Å². The van der Waals surface area contributed by atoms with Gasteiger partial charge in [-0.15, -0.1) is 0 Å². The van der Waals surface area contributed by atoms with Gasteiger partial charge in [-0.25, -0.2) is 4.68 Å². The average Bonchev–Trinajstić information content (AvgIpc) is 3.25. The summed E-state index contributed by atoms with van der Waals surface area (Å²) < 4.78 is 7.20. The van der Waals surface area contributed by atoms with Gasteiger partial charge in [0.1, 0.15) is 5.75 Å². The van der Waals surface area contributed by atoms with Crippen molar-refractivity contribution >= 4 is 46.6 Å². The van der Waals surface area contributed by atoms with Crippen LogP contribution in [0.25, 0.3) is 0 Å². The number of nitrogens with one attached hydrogen (secondary N) is 1. The Morgan fingerprint density at radius 1 is 0.968 bits per heavy atom. The molecule has 0 aliphatic carbocycles. The third kappa shape index (κ3) is 5.82. The number of amides is 1. The van der Waals surface area contributed by atoms with E-state index in [0.29, 0.717) is 27.2 Å². The second-order valence-electron chi connectivity index (χ2n) is 6.48. The quantitative estimate of drug-likeness (QED) is 0.329. The highest BCUT2D eigenvalue weighted by atomic mass is 35.5. The van der Waals surface area contributed by atoms with E-state index in [4.69, 9.17) is 27.9 Å². The maximum atomic E-state index is 12.7. The Bertz CT molecular complexity index is 1200. The van der Waals surface area contributed by atoms with E-state index in [1.807, 2.05) is 48.5 Å². The standard InChI is InChI=1S/C23H17Cl2N3O2S/c24-16-8-10-19(11-9-16)31-22-7-2-1-6-20(22)26-23(29)21-12-13-28(27-21)15-30-18-5-3-4-17(25)14-18/h1-14H,15H2,(H,26,29). The molecule has 0 aliphatic heterocycles. The van der Waals surface area contributed by atoms with Gasteiger partial charge >= 0.3 is 0 Å². The summed E-state index contributed by atoms with van der Waals surface area (Å²) >= 11 is 13.5. The van der Waals surface area contributed by atoms with Gasteiger partial charge in [0.2, 0.25) is 0 Å². The summed E-state index contributed by atoms with van der Waals surface area (Å²) in [5.74, 6) is 0.327. The number of aromatic nitrogens is 2. The van der Waals surface area contributed by atoms with Gasteiger partial charge in [-0.3, -0.25) is 4.79 Å². The minimum atomic E-state index is -0.300. The van der Waals surface area contributed by atoms with E-state index < -0.39 is 0 Å². The van der Waals surface area contributed by atoms with Crippen LogP contribution < -0.4 is 10.1 Å². The van der Waals surface area contributed by atoms with Gasteiger partial charge in [0.15, 0.2) is 12.4 Å². The van der Waals surface area contributed by atoms with Gasteiger partial charge in [0.25, 0.3) is 5.91 Å². The molecule has 0 spiro atoms. The van der Waals surface area contributed by atoms with E-state index >= 15 is 0 Å². The van der Waals surface area contributed by atoms with Crippen molar-refractivity contribution in [3.8, 4) is 5.75 Å². The lowest BCUT2D eigenvalue weighted by Gasteiger charge is -2.10. The molecule has 0 saturated heterocycles. The number of carbonyl (C=O) groups excluding carboxylic acids is 1. The Labute approximate surface area is 193 Å². The fraction of sp³-hybridized carbons (Fsp3) is 0.0435. The van der Waals surface area contributed by atoms with Crippen molar-refractivity contribution in [2.24, 2.45) is 0 Å². The van der Waals surface area contributed by atoms with E-state index in [1.54, 1.807) is 53.0 Å². The smallest absolute Gasteiger partial charge is 0.276 e. The monoisotopic (exact) mass is 469 g/mol. The normalized spacial score (nSPS) is 10.6. The van der Waals surface area contributed by atoms with Crippen molar-refractivity contribution < 1.29 is 9.53 Å². The van der Waals surface area contributed by atoms with Gasteiger partial charge in [0, 0.05) is 26.0 Å². The number of hydrogen-bond acceptors (Lipinski definition) is 4. The van der Waals surface area contributed by atoms with Crippen LogP contribution in [0.4, 0.5) is 5.69 Å². The van der Waals surface area contributed by atoms with Crippen molar-refractivity contribution in [3.05, 3.63) is 101 Å². The number of halogens is 2. The fourth-order valence-electron chi connectivity index (χ4n) is 2.73. The maximum Gasteiger partial charge on any atom is 0.276 e. The summed E-state index contributed by atoms with van der Waals surface area (Å²) in [4.78, 5) is 14.7. The van der Waals surface area contributed by atoms with Crippen molar-refractivity contribution in [1.29, 1.82) is 0 Å². The van der Waals surface area contributed by atoms with Crippen molar-refractivity contribution in [3.63, 3.8) is 0 Å². The molecule has 1 heterocycles. The van der Waals surface area contributed by atoms with E-state index in [-0.39, 0.29) is 12.6 Å². The number of ether oxygens (including phenoxy) is 1. The SMILES string of the molecule is O=C(Nc1ccccc1Sc1ccc(Cl)cc1)c1ccn(COc2cccc(Cl)c2)n1. The second kappa shape index (κ2) is 9.92. The lowest BCUT2D eigenvalue weighted by molar-refractivity contribution is 0.102. The predicted octanol–water partition coefficient (Wildman–Crippen LogP) is 6.63. The molecular weight excluding hydrogens is 453 g/mol. The lowest BCUT2D eigenvalue weighted by Crippen LogP contribution is -2.14. The topological polar surface area (TPSA) is 56.2 Å². The fourth-order valence-corrected chi connectivity index (χ4v) is 3.94. The summed E-state index contributed by atoms with van der Waals surface area (Å²) in [7, 11) is 0. The van der Waals surface area contributed by atoms with E-state index in [1.165, 1.54) is 0 Å². The van der Waals surface area contributed by atoms with Crippen LogP contribution in [0.5, 0.6) is 5.75 Å². The first-order valence-electron chi connectivity index (χ1n) is 9.32. The molecule has 3 aromatic carbocycles. The molecule has 0 unspecified atom stereocenters. The molecule has 4 rings (SSSR count). The highest BCUT2D eigenvalue weighted by Gasteiger charge is 2.13. The van der Waals surface area contributed by atoms with Gasteiger partial charge in [0.05, 0.1) is 5.69 Å². The van der Waals surface area contributed by atoms with Crippen LogP contribution in [0.1, 0.15) is 10.5 Å². The van der Waals surface area contributed by atoms with Gasteiger partial charge in [-0.1, -0.05) is 53.2 Å². The minimum Gasteiger partial charge on any atom is -0.471 e. The number of hydrogen-bond donors (Lipinski definition) is 1. The zero-order valence-corrected chi connectivity index (χ0v) is 18.5. The van der Waals surface area contributed by atoms with E-state index in [2.05, 4.69) is 10.4 Å². The molecule has 0 fully saturated rings. The molecule has 0 saturated carbocycles. The maximum absolute atomic E-state index is 12.7. The van der Waals surface area contributed by atoms with E-state index in [0.717, 1.165) is 9.79 Å². The highest BCUT2D eigenvalue weighted by Crippen LogP contribution is 2.34. The Balaban J connectivity index is 1.41. The molecule has 1 aromatic heterocycles. The second-order valence-corrected chi connectivity index (χ2v) is 8.47. The molecule has 4 aromatic rings.